The molecular weight excluding hydrogens is 372 g/mol. The fourth-order valence-corrected chi connectivity index (χ4v) is 5.90. The predicted molar refractivity (Wildman–Crippen MR) is 101 cm³/mol. The average Bonchev–Trinajstić information content (AvgIpc) is 2.90. The van der Waals surface area contributed by atoms with Crippen molar-refractivity contribution >= 4 is 33.2 Å². The summed E-state index contributed by atoms with van der Waals surface area (Å²) in [5.74, 6) is -0.0327. The molecule has 1 saturated heterocycles. The van der Waals surface area contributed by atoms with Crippen molar-refractivity contribution in [3.63, 3.8) is 0 Å². The number of hydrogen-bond acceptors (Lipinski definition) is 3. The van der Waals surface area contributed by atoms with Crippen molar-refractivity contribution < 1.29 is 13.2 Å². The fraction of sp³-hybridized carbons (Fsp3) is 0.316. The first-order valence-electron chi connectivity index (χ1n) is 8.52. The molecule has 26 heavy (non-hydrogen) atoms. The first-order chi connectivity index (χ1) is 12.4. The van der Waals surface area contributed by atoms with Crippen molar-refractivity contribution in [2.75, 3.05) is 18.4 Å². The van der Waals surface area contributed by atoms with Crippen LogP contribution in [0.3, 0.4) is 0 Å². The Morgan fingerprint density at radius 3 is 2.50 bits per heavy atom. The summed E-state index contributed by atoms with van der Waals surface area (Å²) in [5, 5.41) is 3.37. The maximum absolute atomic E-state index is 13.1. The quantitative estimate of drug-likeness (QED) is 0.855. The molecule has 2 aliphatic rings. The summed E-state index contributed by atoms with van der Waals surface area (Å²) in [7, 11) is -3.64. The van der Waals surface area contributed by atoms with Gasteiger partial charge in [0.15, 0.2) is 0 Å². The highest BCUT2D eigenvalue weighted by molar-refractivity contribution is 7.89. The van der Waals surface area contributed by atoms with E-state index >= 15 is 0 Å². The molecule has 1 N–H and O–H groups in total. The molecule has 2 aromatic rings. The molecular formula is C19H19ClN2O3S. The summed E-state index contributed by atoms with van der Waals surface area (Å²) in [4.78, 5) is 12.9. The first kappa shape index (κ1) is 17.5. The number of para-hydroxylation sites is 1. The molecule has 2 heterocycles. The van der Waals surface area contributed by atoms with Gasteiger partial charge in [-0.3, -0.25) is 4.79 Å². The van der Waals surface area contributed by atoms with E-state index in [1.165, 1.54) is 4.31 Å². The molecule has 0 bridgehead atoms. The third-order valence-corrected chi connectivity index (χ3v) is 7.99. The number of piperidine rings is 1. The van der Waals surface area contributed by atoms with E-state index in [4.69, 9.17) is 11.6 Å². The number of amides is 1. The zero-order valence-corrected chi connectivity index (χ0v) is 15.9. The van der Waals surface area contributed by atoms with Gasteiger partial charge in [-0.1, -0.05) is 35.9 Å². The van der Waals surface area contributed by atoms with E-state index < -0.39 is 15.4 Å². The van der Waals surface area contributed by atoms with Crippen LogP contribution in [0.4, 0.5) is 5.69 Å². The number of nitrogens with zero attached hydrogens (tertiary/aromatic N) is 1. The Balaban J connectivity index is 1.63. The number of carbonyl (C=O) groups is 1. The van der Waals surface area contributed by atoms with Gasteiger partial charge in [0, 0.05) is 23.8 Å². The van der Waals surface area contributed by atoms with Crippen molar-refractivity contribution in [2.45, 2.75) is 30.1 Å². The van der Waals surface area contributed by atoms with Crippen LogP contribution in [0.15, 0.2) is 47.4 Å². The average molecular weight is 391 g/mol. The lowest BCUT2D eigenvalue weighted by molar-refractivity contribution is -0.122. The summed E-state index contributed by atoms with van der Waals surface area (Å²) < 4.78 is 27.6. The summed E-state index contributed by atoms with van der Waals surface area (Å²) in [6.07, 6.45) is 0.934. The molecule has 1 fully saturated rings. The number of sulfonamides is 1. The molecule has 136 valence electrons. The van der Waals surface area contributed by atoms with Crippen LogP contribution in [-0.4, -0.2) is 31.7 Å². The number of benzene rings is 2. The van der Waals surface area contributed by atoms with E-state index in [1.807, 2.05) is 24.3 Å². The molecule has 0 radical (unpaired) electrons. The van der Waals surface area contributed by atoms with Crippen LogP contribution < -0.4 is 5.32 Å². The fourth-order valence-electron chi connectivity index (χ4n) is 3.98. The lowest BCUT2D eigenvalue weighted by Crippen LogP contribution is -2.48. The van der Waals surface area contributed by atoms with E-state index in [0.717, 1.165) is 11.3 Å². The summed E-state index contributed by atoms with van der Waals surface area (Å²) in [5.41, 5.74) is 1.73. The topological polar surface area (TPSA) is 66.5 Å². The third kappa shape index (κ3) is 2.47. The highest BCUT2D eigenvalue weighted by Gasteiger charge is 2.49. The second-order valence-electron chi connectivity index (χ2n) is 6.85. The lowest BCUT2D eigenvalue weighted by atomic mass is 9.74. The Morgan fingerprint density at radius 1 is 1.08 bits per heavy atom. The zero-order valence-electron chi connectivity index (χ0n) is 14.3. The molecule has 7 heteroatoms. The van der Waals surface area contributed by atoms with Crippen LogP contribution in [0.1, 0.15) is 24.0 Å². The van der Waals surface area contributed by atoms with E-state index in [9.17, 15) is 13.2 Å². The van der Waals surface area contributed by atoms with Gasteiger partial charge in [-0.15, -0.1) is 0 Å². The van der Waals surface area contributed by atoms with Gasteiger partial charge in [-0.05, 0) is 49.1 Å². The van der Waals surface area contributed by atoms with E-state index in [1.54, 1.807) is 25.1 Å². The van der Waals surface area contributed by atoms with Gasteiger partial charge in [0.05, 0.1) is 10.3 Å². The number of carbonyl (C=O) groups excluding carboxylic acids is 1. The minimum absolute atomic E-state index is 0.0327. The minimum atomic E-state index is -3.64. The van der Waals surface area contributed by atoms with Crippen molar-refractivity contribution in [1.29, 1.82) is 0 Å². The van der Waals surface area contributed by atoms with Gasteiger partial charge in [-0.25, -0.2) is 8.42 Å². The Bertz CT molecular complexity index is 996. The predicted octanol–water partition coefficient (Wildman–Crippen LogP) is 3.32. The highest BCUT2D eigenvalue weighted by atomic mass is 35.5. The third-order valence-electron chi connectivity index (χ3n) is 5.54. The molecule has 0 saturated carbocycles. The van der Waals surface area contributed by atoms with Gasteiger partial charge >= 0.3 is 0 Å². The largest absolute Gasteiger partial charge is 0.325 e. The van der Waals surface area contributed by atoms with Crippen LogP contribution in [-0.2, 0) is 20.2 Å². The molecule has 2 aliphatic heterocycles. The second-order valence-corrected chi connectivity index (χ2v) is 9.16. The van der Waals surface area contributed by atoms with Crippen LogP contribution in [0.25, 0.3) is 0 Å². The van der Waals surface area contributed by atoms with Crippen LogP contribution in [0, 0.1) is 6.92 Å². The van der Waals surface area contributed by atoms with Gasteiger partial charge in [0.25, 0.3) is 0 Å². The summed E-state index contributed by atoms with van der Waals surface area (Å²) in [6.45, 7) is 2.31. The highest BCUT2D eigenvalue weighted by Crippen LogP contribution is 2.45. The number of anilines is 1. The van der Waals surface area contributed by atoms with Gasteiger partial charge in [0.2, 0.25) is 15.9 Å². The Labute approximate surface area is 158 Å². The van der Waals surface area contributed by atoms with E-state index in [0.29, 0.717) is 36.5 Å². The van der Waals surface area contributed by atoms with Crippen LogP contribution in [0.5, 0.6) is 0 Å². The van der Waals surface area contributed by atoms with Gasteiger partial charge in [0.1, 0.15) is 0 Å². The molecule has 0 unspecified atom stereocenters. The molecule has 0 aliphatic carbocycles. The smallest absolute Gasteiger partial charge is 0.243 e. The number of fused-ring (bicyclic) bond motifs is 2. The van der Waals surface area contributed by atoms with Crippen molar-refractivity contribution in [3.8, 4) is 0 Å². The molecule has 2 aromatic carbocycles. The first-order valence-corrected chi connectivity index (χ1v) is 10.3. The molecule has 4 rings (SSSR count). The number of rotatable bonds is 2. The van der Waals surface area contributed by atoms with Crippen molar-refractivity contribution in [1.82, 2.24) is 4.31 Å². The lowest BCUT2D eigenvalue weighted by Gasteiger charge is -2.37. The normalized spacial score (nSPS) is 19.4. The standard InChI is InChI=1S/C19H19ClN2O3S/c1-13-15(20)6-4-8-17(13)26(24,25)22-11-9-19(10-12-22)14-5-2-3-7-16(14)21-18(19)23/h2-8H,9-12H2,1H3,(H,21,23). The number of halogens is 1. The zero-order chi connectivity index (χ0) is 18.5. The SMILES string of the molecule is Cc1c(Cl)cccc1S(=O)(=O)N1CCC2(CC1)C(=O)Nc1ccccc12. The Morgan fingerprint density at radius 2 is 1.77 bits per heavy atom. The van der Waals surface area contributed by atoms with Crippen molar-refractivity contribution in [2.24, 2.45) is 0 Å². The summed E-state index contributed by atoms with van der Waals surface area (Å²) >= 11 is 6.10. The van der Waals surface area contributed by atoms with Crippen molar-refractivity contribution in [3.05, 3.63) is 58.6 Å². The van der Waals surface area contributed by atoms with E-state index in [-0.39, 0.29) is 10.8 Å². The maximum Gasteiger partial charge on any atom is 0.243 e. The maximum atomic E-state index is 13.1. The van der Waals surface area contributed by atoms with Crippen LogP contribution in [0.2, 0.25) is 5.02 Å². The Kier molecular flexibility index (Phi) is 4.10. The molecule has 1 amide bonds. The van der Waals surface area contributed by atoms with Gasteiger partial charge < -0.3 is 5.32 Å². The Hall–Kier alpha value is -1.89. The number of hydrogen-bond donors (Lipinski definition) is 1. The summed E-state index contributed by atoms with van der Waals surface area (Å²) in [6, 6.07) is 12.6. The molecule has 0 atom stereocenters. The monoisotopic (exact) mass is 390 g/mol. The number of nitrogens with one attached hydrogen (secondary N) is 1. The minimum Gasteiger partial charge on any atom is -0.325 e. The van der Waals surface area contributed by atoms with Crippen LogP contribution >= 0.6 is 11.6 Å². The van der Waals surface area contributed by atoms with E-state index in [2.05, 4.69) is 5.32 Å². The van der Waals surface area contributed by atoms with Gasteiger partial charge in [-0.2, -0.15) is 4.31 Å². The molecule has 0 aromatic heterocycles. The molecule has 1 spiro atoms. The molecule has 5 nitrogen and oxygen atoms in total. The second kappa shape index (κ2) is 6.08.